The van der Waals surface area contributed by atoms with Crippen LogP contribution in [0.2, 0.25) is 0 Å². The Morgan fingerprint density at radius 3 is 2.70 bits per heavy atom. The number of methoxy groups -OCH3 is 2. The number of aromatic nitrogens is 5. The van der Waals surface area contributed by atoms with Crippen molar-refractivity contribution in [1.82, 2.24) is 24.6 Å². The molecule has 8 nitrogen and oxygen atoms in total. The minimum absolute atomic E-state index is 0.191. The molecule has 0 amide bonds. The van der Waals surface area contributed by atoms with Crippen LogP contribution in [0.3, 0.4) is 0 Å². The van der Waals surface area contributed by atoms with Crippen LogP contribution in [0.25, 0.3) is 16.9 Å². The van der Waals surface area contributed by atoms with Crippen molar-refractivity contribution in [3.63, 3.8) is 0 Å². The number of nitrogens with one attached hydrogen (secondary N) is 1. The topological polar surface area (TPSA) is 86.5 Å². The van der Waals surface area contributed by atoms with Crippen LogP contribution >= 0.6 is 0 Å². The predicted octanol–water partition coefficient (Wildman–Crippen LogP) is 3.97. The van der Waals surface area contributed by atoms with Gasteiger partial charge in [-0.1, -0.05) is 13.8 Å². The molecule has 0 saturated heterocycles. The van der Waals surface area contributed by atoms with Crippen LogP contribution in [0.5, 0.6) is 11.5 Å². The highest BCUT2D eigenvalue weighted by Gasteiger charge is 2.25. The van der Waals surface area contributed by atoms with E-state index in [-0.39, 0.29) is 5.92 Å². The Morgan fingerprint density at radius 2 is 2.00 bits per heavy atom. The summed E-state index contributed by atoms with van der Waals surface area (Å²) in [5, 5.41) is 8.27. The fourth-order valence-corrected chi connectivity index (χ4v) is 3.85. The molecule has 0 fully saturated rings. The maximum Gasteiger partial charge on any atom is 0.183 e. The number of imidazole rings is 1. The van der Waals surface area contributed by atoms with Gasteiger partial charge in [0.1, 0.15) is 11.3 Å². The zero-order chi connectivity index (χ0) is 20.8. The number of hydrogen-bond donors (Lipinski definition) is 1. The Morgan fingerprint density at radius 1 is 1.13 bits per heavy atom. The average Bonchev–Trinajstić information content (AvgIpc) is 3.12. The van der Waals surface area contributed by atoms with Crippen LogP contribution in [0.4, 0.5) is 11.5 Å². The van der Waals surface area contributed by atoms with Gasteiger partial charge in [0.15, 0.2) is 23.1 Å². The van der Waals surface area contributed by atoms with Gasteiger partial charge in [-0.05, 0) is 18.2 Å². The maximum absolute atomic E-state index is 5.63. The number of fused-ring (bicyclic) bond motifs is 2. The molecule has 4 heterocycles. The van der Waals surface area contributed by atoms with Crippen LogP contribution < -0.4 is 14.8 Å². The van der Waals surface area contributed by atoms with Gasteiger partial charge in [-0.15, -0.1) is 5.10 Å². The summed E-state index contributed by atoms with van der Waals surface area (Å²) < 4.78 is 13.1. The number of rotatable bonds is 4. The molecule has 1 N–H and O–H groups in total. The molecule has 1 aromatic carbocycles. The molecule has 0 aliphatic carbocycles. The van der Waals surface area contributed by atoms with Gasteiger partial charge in [0, 0.05) is 47.6 Å². The molecule has 5 rings (SSSR count). The summed E-state index contributed by atoms with van der Waals surface area (Å²) in [6.07, 6.45) is 4.09. The summed E-state index contributed by atoms with van der Waals surface area (Å²) in [6.45, 7) is 4.22. The van der Waals surface area contributed by atoms with Gasteiger partial charge >= 0.3 is 0 Å². The van der Waals surface area contributed by atoms with E-state index >= 15 is 0 Å². The van der Waals surface area contributed by atoms with Gasteiger partial charge in [-0.2, -0.15) is 0 Å². The minimum Gasteiger partial charge on any atom is -0.493 e. The number of ether oxygens (including phenoxy) is 2. The van der Waals surface area contributed by atoms with Crippen molar-refractivity contribution in [2.24, 2.45) is 0 Å². The summed E-state index contributed by atoms with van der Waals surface area (Å²) in [6, 6.07) is 7.79. The smallest absolute Gasteiger partial charge is 0.183 e. The lowest BCUT2D eigenvalue weighted by atomic mass is 10.0. The zero-order valence-electron chi connectivity index (χ0n) is 17.3. The van der Waals surface area contributed by atoms with Crippen molar-refractivity contribution < 1.29 is 9.47 Å². The largest absolute Gasteiger partial charge is 0.493 e. The molecule has 4 aromatic rings. The zero-order valence-corrected chi connectivity index (χ0v) is 17.3. The van der Waals surface area contributed by atoms with Gasteiger partial charge in [0.05, 0.1) is 19.9 Å². The fraction of sp³-hybridized carbons (Fsp3) is 0.273. The van der Waals surface area contributed by atoms with Gasteiger partial charge in [0.25, 0.3) is 0 Å². The highest BCUT2D eigenvalue weighted by molar-refractivity contribution is 5.80. The SMILES string of the molecule is COc1cc2cc(c1OC)Cc1nc(C(C)C)n3nc(-c4cccnc4)nc(c13)N2. The van der Waals surface area contributed by atoms with E-state index in [4.69, 9.17) is 24.5 Å². The van der Waals surface area contributed by atoms with E-state index in [9.17, 15) is 0 Å². The second-order valence-electron chi connectivity index (χ2n) is 7.53. The first kappa shape index (κ1) is 18.4. The maximum atomic E-state index is 5.63. The molecule has 0 unspecified atom stereocenters. The van der Waals surface area contributed by atoms with E-state index in [0.717, 1.165) is 33.8 Å². The van der Waals surface area contributed by atoms with Gasteiger partial charge in [-0.3, -0.25) is 4.98 Å². The molecule has 8 heteroatoms. The summed E-state index contributed by atoms with van der Waals surface area (Å²) in [5.41, 5.74) is 4.49. The monoisotopic (exact) mass is 402 g/mol. The standard InChI is InChI=1S/C22H22N6O2/c1-12(2)22-25-16-9-14-8-15(10-17(29-3)19(14)30-4)24-21-18(16)28(22)27-20(26-21)13-6-5-7-23-11-13/h5-8,10-12H,9H2,1-4H3,(H,24,26,27). The molecule has 152 valence electrons. The highest BCUT2D eigenvalue weighted by atomic mass is 16.5. The predicted molar refractivity (Wildman–Crippen MR) is 114 cm³/mol. The lowest BCUT2D eigenvalue weighted by Gasteiger charge is -2.18. The van der Waals surface area contributed by atoms with Gasteiger partial charge < -0.3 is 14.8 Å². The third-order valence-corrected chi connectivity index (χ3v) is 5.20. The molecule has 0 atom stereocenters. The van der Waals surface area contributed by atoms with Crippen molar-refractivity contribution in [2.45, 2.75) is 26.2 Å². The Kier molecular flexibility index (Phi) is 4.27. The van der Waals surface area contributed by atoms with Gasteiger partial charge in [-0.25, -0.2) is 14.5 Å². The van der Waals surface area contributed by atoms with E-state index in [2.05, 4.69) is 30.2 Å². The van der Waals surface area contributed by atoms with Crippen molar-refractivity contribution in [3.05, 3.63) is 53.7 Å². The lowest BCUT2D eigenvalue weighted by Crippen LogP contribution is -2.09. The highest BCUT2D eigenvalue weighted by Crippen LogP contribution is 2.40. The Bertz CT molecular complexity index is 1250. The average molecular weight is 402 g/mol. The number of anilines is 2. The second kappa shape index (κ2) is 6.98. The van der Waals surface area contributed by atoms with Crippen LogP contribution in [0.1, 0.15) is 36.8 Å². The molecule has 1 aliphatic heterocycles. The minimum atomic E-state index is 0.191. The molecule has 3 aromatic heterocycles. The molecule has 30 heavy (non-hydrogen) atoms. The van der Waals surface area contributed by atoms with Crippen LogP contribution in [0, 0.1) is 0 Å². The lowest BCUT2D eigenvalue weighted by molar-refractivity contribution is 0.352. The van der Waals surface area contributed by atoms with Gasteiger partial charge in [0.2, 0.25) is 0 Å². The van der Waals surface area contributed by atoms with Crippen LogP contribution in [0.15, 0.2) is 36.7 Å². The molecule has 0 spiro atoms. The van der Waals surface area contributed by atoms with Crippen molar-refractivity contribution in [1.29, 1.82) is 0 Å². The quantitative estimate of drug-likeness (QED) is 0.487. The first-order valence-corrected chi connectivity index (χ1v) is 9.81. The first-order chi connectivity index (χ1) is 14.6. The Balaban J connectivity index is 1.79. The third-order valence-electron chi connectivity index (χ3n) is 5.20. The number of benzene rings is 1. The summed E-state index contributed by atoms with van der Waals surface area (Å²) in [7, 11) is 3.29. The van der Waals surface area contributed by atoms with E-state index < -0.39 is 0 Å². The van der Waals surface area contributed by atoms with Crippen LogP contribution in [-0.4, -0.2) is 38.8 Å². The molecule has 1 aliphatic rings. The van der Waals surface area contributed by atoms with E-state index in [0.29, 0.717) is 29.6 Å². The molecular formula is C22H22N6O2. The normalized spacial score (nSPS) is 12.4. The Labute approximate surface area is 173 Å². The van der Waals surface area contributed by atoms with Crippen molar-refractivity contribution >= 4 is 17.0 Å². The summed E-state index contributed by atoms with van der Waals surface area (Å²) >= 11 is 0. The first-order valence-electron chi connectivity index (χ1n) is 9.81. The van der Waals surface area contributed by atoms with E-state index in [1.807, 2.05) is 22.7 Å². The third kappa shape index (κ3) is 2.83. The van der Waals surface area contributed by atoms with E-state index in [1.54, 1.807) is 26.6 Å². The fourth-order valence-electron chi connectivity index (χ4n) is 3.85. The van der Waals surface area contributed by atoms with Crippen LogP contribution in [-0.2, 0) is 6.42 Å². The number of nitrogens with zero attached hydrogens (tertiary/aromatic N) is 5. The summed E-state index contributed by atoms with van der Waals surface area (Å²) in [4.78, 5) is 14.0. The second-order valence-corrected chi connectivity index (χ2v) is 7.53. The Hall–Kier alpha value is -3.68. The summed E-state index contributed by atoms with van der Waals surface area (Å²) in [5.74, 6) is 3.75. The van der Waals surface area contributed by atoms with E-state index in [1.165, 1.54) is 0 Å². The molecule has 0 saturated carbocycles. The number of hydrogen-bond acceptors (Lipinski definition) is 7. The van der Waals surface area contributed by atoms with Crippen molar-refractivity contribution in [3.8, 4) is 22.9 Å². The number of pyridine rings is 1. The molecular weight excluding hydrogens is 380 g/mol. The van der Waals surface area contributed by atoms with Crippen molar-refractivity contribution in [2.75, 3.05) is 19.5 Å². The molecule has 2 bridgehead atoms. The molecule has 0 radical (unpaired) electrons.